The van der Waals surface area contributed by atoms with Crippen LogP contribution in [0.2, 0.25) is 0 Å². The van der Waals surface area contributed by atoms with E-state index in [1.54, 1.807) is 6.20 Å². The van der Waals surface area contributed by atoms with E-state index in [0.29, 0.717) is 25.2 Å². The fraction of sp³-hybridized carbons (Fsp3) is 0.588. The maximum Gasteiger partial charge on any atom is 0.255 e. The van der Waals surface area contributed by atoms with Gasteiger partial charge in [-0.05, 0) is 20.3 Å². The predicted molar refractivity (Wildman–Crippen MR) is 87.8 cm³/mol. The predicted octanol–water partition coefficient (Wildman–Crippen LogP) is 1.89. The summed E-state index contributed by atoms with van der Waals surface area (Å²) in [6.07, 6.45) is 3.34. The van der Waals surface area contributed by atoms with Crippen LogP contribution in [0.3, 0.4) is 0 Å². The number of nitrogens with one attached hydrogen (secondary N) is 1. The van der Waals surface area contributed by atoms with Crippen molar-refractivity contribution in [3.05, 3.63) is 35.0 Å². The number of amides is 1. The van der Waals surface area contributed by atoms with Crippen LogP contribution < -0.4 is 5.32 Å². The van der Waals surface area contributed by atoms with Gasteiger partial charge in [0.15, 0.2) is 0 Å². The van der Waals surface area contributed by atoms with Crippen LogP contribution in [0.4, 0.5) is 0 Å². The van der Waals surface area contributed by atoms with Crippen LogP contribution in [-0.2, 0) is 17.7 Å². The molecule has 3 heterocycles. The number of rotatable bonds is 6. The molecule has 130 valence electrons. The average Bonchev–Trinajstić information content (AvgIpc) is 3.24. The minimum Gasteiger partial charge on any atom is -0.379 e. The highest BCUT2D eigenvalue weighted by Gasteiger charge is 2.31. The van der Waals surface area contributed by atoms with Crippen molar-refractivity contribution in [2.24, 2.45) is 5.92 Å². The Balaban J connectivity index is 1.64. The first-order valence-corrected chi connectivity index (χ1v) is 8.41. The Labute approximate surface area is 141 Å². The topological polar surface area (TPSA) is 82.2 Å². The highest BCUT2D eigenvalue weighted by atomic mass is 16.5. The number of carbonyl (C=O) groups excluding carboxylic acids is 1. The molecule has 0 bridgehead atoms. The number of hydrogen-bond acceptors (Lipinski definition) is 5. The van der Waals surface area contributed by atoms with Crippen LogP contribution in [-0.4, -0.2) is 40.1 Å². The molecular weight excluding hydrogens is 308 g/mol. The molecule has 1 N–H and O–H groups in total. The molecule has 2 aromatic heterocycles. The minimum atomic E-state index is -0.0934. The molecule has 2 atom stereocenters. The van der Waals surface area contributed by atoms with E-state index < -0.39 is 0 Å². The quantitative estimate of drug-likeness (QED) is 0.873. The zero-order valence-corrected chi connectivity index (χ0v) is 14.4. The Morgan fingerprint density at radius 3 is 2.96 bits per heavy atom. The Hall–Kier alpha value is -2.15. The first-order valence-electron chi connectivity index (χ1n) is 8.41. The molecule has 24 heavy (non-hydrogen) atoms. The molecule has 0 aromatic carbocycles. The Morgan fingerprint density at radius 2 is 2.25 bits per heavy atom. The van der Waals surface area contributed by atoms with Crippen molar-refractivity contribution in [1.82, 2.24) is 20.3 Å². The Morgan fingerprint density at radius 1 is 1.42 bits per heavy atom. The molecule has 1 fully saturated rings. The van der Waals surface area contributed by atoms with Crippen LogP contribution in [0.25, 0.3) is 0 Å². The summed E-state index contributed by atoms with van der Waals surface area (Å²) in [6.45, 7) is 7.86. The fourth-order valence-electron chi connectivity index (χ4n) is 3.08. The number of nitrogens with zero attached hydrogens (tertiary/aromatic N) is 3. The lowest BCUT2D eigenvalue weighted by atomic mass is 9.98. The van der Waals surface area contributed by atoms with E-state index in [1.807, 2.05) is 24.6 Å². The van der Waals surface area contributed by atoms with Crippen molar-refractivity contribution in [2.75, 3.05) is 13.2 Å². The van der Waals surface area contributed by atoms with E-state index in [-0.39, 0.29) is 17.9 Å². The number of hydrogen-bond donors (Lipinski definition) is 1. The van der Waals surface area contributed by atoms with Gasteiger partial charge in [-0.3, -0.25) is 9.48 Å². The second kappa shape index (κ2) is 7.17. The second-order valence-electron chi connectivity index (χ2n) is 6.38. The van der Waals surface area contributed by atoms with Crippen LogP contribution in [0, 0.1) is 19.8 Å². The third-order valence-corrected chi connectivity index (χ3v) is 4.44. The summed E-state index contributed by atoms with van der Waals surface area (Å²) >= 11 is 0. The van der Waals surface area contributed by atoms with Crippen molar-refractivity contribution in [3.63, 3.8) is 0 Å². The maximum atomic E-state index is 12.6. The van der Waals surface area contributed by atoms with E-state index in [0.717, 1.165) is 30.1 Å². The molecule has 1 aliphatic rings. The number of ether oxygens (including phenoxy) is 1. The van der Waals surface area contributed by atoms with Gasteiger partial charge < -0.3 is 14.6 Å². The van der Waals surface area contributed by atoms with Crippen molar-refractivity contribution >= 4 is 5.91 Å². The van der Waals surface area contributed by atoms with E-state index in [2.05, 4.69) is 22.5 Å². The zero-order valence-electron chi connectivity index (χ0n) is 14.4. The molecule has 7 nitrogen and oxygen atoms in total. The molecule has 0 spiro atoms. The highest BCUT2D eigenvalue weighted by molar-refractivity contribution is 5.95. The third-order valence-electron chi connectivity index (χ3n) is 4.44. The average molecular weight is 332 g/mol. The second-order valence-corrected chi connectivity index (χ2v) is 6.38. The summed E-state index contributed by atoms with van der Waals surface area (Å²) in [5, 5.41) is 11.3. The van der Waals surface area contributed by atoms with Crippen LogP contribution in [0.5, 0.6) is 0 Å². The standard InChI is InChI=1S/C17H24N4O3/c1-4-5-21-12(3)15(8-18-21)17(22)19-16-10-23-9-13(16)7-14-6-11(2)20-24-14/h6,8,13,16H,4-5,7,9-10H2,1-3H3,(H,19,22)/t13-,16+/m1/s1. The van der Waals surface area contributed by atoms with E-state index in [1.165, 1.54) is 0 Å². The van der Waals surface area contributed by atoms with Gasteiger partial charge >= 0.3 is 0 Å². The van der Waals surface area contributed by atoms with E-state index in [4.69, 9.17) is 9.26 Å². The summed E-state index contributed by atoms with van der Waals surface area (Å²) in [4.78, 5) is 12.6. The molecule has 7 heteroatoms. The highest BCUT2D eigenvalue weighted by Crippen LogP contribution is 2.20. The van der Waals surface area contributed by atoms with Crippen LogP contribution in [0.1, 0.15) is 40.9 Å². The van der Waals surface area contributed by atoms with Gasteiger partial charge in [0.1, 0.15) is 5.76 Å². The van der Waals surface area contributed by atoms with Crippen LogP contribution >= 0.6 is 0 Å². The first kappa shape index (κ1) is 16.7. The fourth-order valence-corrected chi connectivity index (χ4v) is 3.08. The lowest BCUT2D eigenvalue weighted by Crippen LogP contribution is -2.40. The van der Waals surface area contributed by atoms with Crippen molar-refractivity contribution < 1.29 is 14.1 Å². The summed E-state index contributed by atoms with van der Waals surface area (Å²) in [5.74, 6) is 0.922. The SMILES string of the molecule is CCCn1ncc(C(=O)N[C@H]2COC[C@H]2Cc2cc(C)no2)c1C. The first-order chi connectivity index (χ1) is 11.6. The monoisotopic (exact) mass is 332 g/mol. The minimum absolute atomic E-state index is 0.0307. The van der Waals surface area contributed by atoms with Gasteiger partial charge in [-0.15, -0.1) is 0 Å². The maximum absolute atomic E-state index is 12.6. The molecule has 0 aliphatic carbocycles. The summed E-state index contributed by atoms with van der Waals surface area (Å²) in [7, 11) is 0. The molecule has 0 radical (unpaired) electrons. The van der Waals surface area contributed by atoms with Gasteiger partial charge in [0.25, 0.3) is 5.91 Å². The van der Waals surface area contributed by atoms with Crippen molar-refractivity contribution in [2.45, 2.75) is 46.2 Å². The van der Waals surface area contributed by atoms with Crippen molar-refractivity contribution in [1.29, 1.82) is 0 Å². The van der Waals surface area contributed by atoms with E-state index in [9.17, 15) is 4.79 Å². The lowest BCUT2D eigenvalue weighted by molar-refractivity contribution is 0.0923. The molecule has 0 unspecified atom stereocenters. The molecule has 3 rings (SSSR count). The molecule has 1 saturated heterocycles. The van der Waals surface area contributed by atoms with Gasteiger partial charge in [0, 0.05) is 30.6 Å². The van der Waals surface area contributed by atoms with Crippen molar-refractivity contribution in [3.8, 4) is 0 Å². The van der Waals surface area contributed by atoms with Gasteiger partial charge in [-0.25, -0.2) is 0 Å². The zero-order chi connectivity index (χ0) is 17.1. The molecule has 1 aliphatic heterocycles. The number of carbonyl (C=O) groups is 1. The van der Waals surface area contributed by atoms with Gasteiger partial charge in [-0.2, -0.15) is 5.10 Å². The molecular formula is C17H24N4O3. The summed E-state index contributed by atoms with van der Waals surface area (Å²) < 4.78 is 12.7. The largest absolute Gasteiger partial charge is 0.379 e. The Bertz CT molecular complexity index is 707. The van der Waals surface area contributed by atoms with Gasteiger partial charge in [0.2, 0.25) is 0 Å². The van der Waals surface area contributed by atoms with E-state index >= 15 is 0 Å². The molecule has 2 aromatic rings. The molecule has 0 saturated carbocycles. The van der Waals surface area contributed by atoms with Gasteiger partial charge in [0.05, 0.1) is 36.7 Å². The number of aromatic nitrogens is 3. The number of aryl methyl sites for hydroxylation is 2. The smallest absolute Gasteiger partial charge is 0.255 e. The van der Waals surface area contributed by atoms with Gasteiger partial charge in [-0.1, -0.05) is 12.1 Å². The summed E-state index contributed by atoms with van der Waals surface area (Å²) in [6, 6.07) is 1.90. The normalized spacial score (nSPS) is 20.5. The lowest BCUT2D eigenvalue weighted by Gasteiger charge is -2.18. The molecule has 1 amide bonds. The van der Waals surface area contributed by atoms with Crippen LogP contribution in [0.15, 0.2) is 16.8 Å². The Kier molecular flexibility index (Phi) is 4.99. The summed E-state index contributed by atoms with van der Waals surface area (Å²) in [5.41, 5.74) is 2.39. The third kappa shape index (κ3) is 3.51.